The van der Waals surface area contributed by atoms with Crippen LogP contribution in [0.4, 0.5) is 0 Å². The van der Waals surface area contributed by atoms with Crippen LogP contribution in [0.3, 0.4) is 0 Å². The van der Waals surface area contributed by atoms with Crippen LogP contribution in [0.2, 0.25) is 0 Å². The van der Waals surface area contributed by atoms with Crippen molar-refractivity contribution in [1.82, 2.24) is 4.90 Å². The van der Waals surface area contributed by atoms with E-state index >= 15 is 0 Å². The summed E-state index contributed by atoms with van der Waals surface area (Å²) in [5.74, 6) is -0.00915. The van der Waals surface area contributed by atoms with E-state index in [2.05, 4.69) is 0 Å². The van der Waals surface area contributed by atoms with E-state index in [0.29, 0.717) is 18.6 Å². The minimum atomic E-state index is -0.599. The normalized spacial score (nSPS) is 27.3. The Balaban J connectivity index is 1.92. The summed E-state index contributed by atoms with van der Waals surface area (Å²) in [6.45, 7) is -0.277. The first-order valence-corrected chi connectivity index (χ1v) is 7.73. The number of nitriles is 1. The first kappa shape index (κ1) is 14.0. The monoisotopic (exact) mass is 302 g/mol. The van der Waals surface area contributed by atoms with E-state index < -0.39 is 16.9 Å². The lowest BCUT2D eigenvalue weighted by Crippen LogP contribution is -2.46. The highest BCUT2D eigenvalue weighted by Gasteiger charge is 2.57. The van der Waals surface area contributed by atoms with E-state index in [9.17, 15) is 9.59 Å². The highest BCUT2D eigenvalue weighted by Crippen LogP contribution is 2.54. The van der Waals surface area contributed by atoms with Crippen molar-refractivity contribution in [2.45, 2.75) is 23.8 Å². The van der Waals surface area contributed by atoms with Crippen molar-refractivity contribution < 1.29 is 14.3 Å². The lowest BCUT2D eigenvalue weighted by atomic mass is 10.0. The van der Waals surface area contributed by atoms with Gasteiger partial charge in [-0.15, -0.1) is 11.8 Å². The molecule has 0 aromatic heterocycles. The van der Waals surface area contributed by atoms with E-state index in [-0.39, 0.29) is 12.5 Å². The number of rotatable bonds is 3. The highest BCUT2D eigenvalue weighted by atomic mass is 32.2. The van der Waals surface area contributed by atoms with Crippen molar-refractivity contribution in [2.24, 2.45) is 0 Å². The Morgan fingerprint density at radius 3 is 2.95 bits per heavy atom. The average Bonchev–Trinajstić information content (AvgIpc) is 3.06. The van der Waals surface area contributed by atoms with Crippen LogP contribution in [0.1, 0.15) is 18.4 Å². The highest BCUT2D eigenvalue weighted by molar-refractivity contribution is 8.00. The fourth-order valence-electron chi connectivity index (χ4n) is 3.02. The van der Waals surface area contributed by atoms with Gasteiger partial charge in [-0.25, -0.2) is 4.79 Å². The van der Waals surface area contributed by atoms with Gasteiger partial charge in [-0.2, -0.15) is 5.26 Å². The maximum Gasteiger partial charge on any atom is 0.330 e. The fraction of sp³-hybridized carbons (Fsp3) is 0.400. The maximum atomic E-state index is 12.3. The zero-order valence-corrected chi connectivity index (χ0v) is 12.1. The number of amides is 1. The second-order valence-corrected chi connectivity index (χ2v) is 6.30. The maximum absolute atomic E-state index is 12.3. The molecule has 0 spiro atoms. The van der Waals surface area contributed by atoms with Gasteiger partial charge in [0.05, 0.1) is 0 Å². The summed E-state index contributed by atoms with van der Waals surface area (Å²) in [7, 11) is 0. The van der Waals surface area contributed by atoms with E-state index in [1.165, 1.54) is 0 Å². The second-order valence-electron chi connectivity index (χ2n) is 5.01. The van der Waals surface area contributed by atoms with Crippen LogP contribution < -0.4 is 0 Å². The largest absolute Gasteiger partial charge is 0.449 e. The number of thioether (sulfide) groups is 1. The molecule has 2 fully saturated rings. The standard InChI is InChI=1S/C15H14N2O3S/c16-8-9-20-14(19)12-10-21-15(7-6-13(18)17(12)15)11-4-2-1-3-5-11/h1-5,12H,6-7,9-10H2/t12-,15+/m0/s1. The third kappa shape index (κ3) is 2.18. The molecule has 6 heteroatoms. The minimum Gasteiger partial charge on any atom is -0.449 e. The molecule has 3 rings (SSSR count). The molecule has 0 bridgehead atoms. The predicted molar refractivity (Wildman–Crippen MR) is 77.0 cm³/mol. The average molecular weight is 302 g/mol. The van der Waals surface area contributed by atoms with E-state index in [0.717, 1.165) is 5.56 Å². The zero-order valence-electron chi connectivity index (χ0n) is 11.3. The van der Waals surface area contributed by atoms with Crippen LogP contribution in [-0.4, -0.2) is 35.2 Å². The van der Waals surface area contributed by atoms with Crippen LogP contribution in [0.25, 0.3) is 0 Å². The molecule has 108 valence electrons. The Labute approximate surface area is 126 Å². The lowest BCUT2D eigenvalue weighted by Gasteiger charge is -2.33. The second kappa shape index (κ2) is 5.41. The molecule has 2 aliphatic rings. The van der Waals surface area contributed by atoms with Gasteiger partial charge in [0, 0.05) is 12.2 Å². The van der Waals surface area contributed by atoms with Gasteiger partial charge in [0.25, 0.3) is 0 Å². The summed E-state index contributed by atoms with van der Waals surface area (Å²) < 4.78 is 4.91. The van der Waals surface area contributed by atoms with Gasteiger partial charge < -0.3 is 9.64 Å². The SMILES string of the molecule is N#CCOC(=O)[C@@H]1CS[C@@]2(c3ccccc3)CCC(=O)N12. The van der Waals surface area contributed by atoms with Crippen molar-refractivity contribution in [2.75, 3.05) is 12.4 Å². The molecule has 2 atom stereocenters. The number of carbonyl (C=O) groups excluding carboxylic acids is 2. The first-order chi connectivity index (χ1) is 10.2. The van der Waals surface area contributed by atoms with Gasteiger partial charge in [-0.05, 0) is 12.0 Å². The minimum absolute atomic E-state index is 0.0252. The lowest BCUT2D eigenvalue weighted by molar-refractivity contribution is -0.152. The molecule has 2 saturated heterocycles. The first-order valence-electron chi connectivity index (χ1n) is 6.74. The molecule has 1 aromatic rings. The number of fused-ring (bicyclic) bond motifs is 1. The quantitative estimate of drug-likeness (QED) is 0.794. The molecule has 2 heterocycles. The summed E-state index contributed by atoms with van der Waals surface area (Å²) in [6.07, 6.45) is 1.13. The smallest absolute Gasteiger partial charge is 0.330 e. The third-order valence-corrected chi connectivity index (χ3v) is 5.50. The number of nitrogens with zero attached hydrogens (tertiary/aromatic N) is 2. The van der Waals surface area contributed by atoms with Crippen LogP contribution >= 0.6 is 11.8 Å². The Morgan fingerprint density at radius 1 is 1.48 bits per heavy atom. The van der Waals surface area contributed by atoms with Gasteiger partial charge in [0.15, 0.2) is 6.61 Å². The summed E-state index contributed by atoms with van der Waals surface area (Å²) in [6, 6.07) is 11.0. The van der Waals surface area contributed by atoms with Gasteiger partial charge >= 0.3 is 5.97 Å². The molecule has 5 nitrogen and oxygen atoms in total. The molecule has 2 aliphatic heterocycles. The molecule has 0 radical (unpaired) electrons. The summed E-state index contributed by atoms with van der Waals surface area (Å²) in [5, 5.41) is 8.51. The number of hydrogen-bond donors (Lipinski definition) is 0. The molecule has 0 N–H and O–H groups in total. The van der Waals surface area contributed by atoms with E-state index in [4.69, 9.17) is 10.00 Å². The Morgan fingerprint density at radius 2 is 2.24 bits per heavy atom. The van der Waals surface area contributed by atoms with Gasteiger partial charge in [0.1, 0.15) is 17.0 Å². The van der Waals surface area contributed by atoms with Gasteiger partial charge in [0.2, 0.25) is 5.91 Å². The van der Waals surface area contributed by atoms with E-state index in [1.807, 2.05) is 30.3 Å². The summed E-state index contributed by atoms with van der Waals surface area (Å²) in [4.78, 5) is 25.5. The van der Waals surface area contributed by atoms with Crippen molar-refractivity contribution in [3.63, 3.8) is 0 Å². The van der Waals surface area contributed by atoms with Crippen LogP contribution in [0.5, 0.6) is 0 Å². The Bertz CT molecular complexity index is 613. The number of ether oxygens (including phenoxy) is 1. The molecule has 21 heavy (non-hydrogen) atoms. The topological polar surface area (TPSA) is 70.4 Å². The number of esters is 1. The van der Waals surface area contributed by atoms with Crippen LogP contribution in [0.15, 0.2) is 30.3 Å². The number of carbonyl (C=O) groups is 2. The fourth-order valence-corrected chi connectivity index (χ4v) is 4.65. The van der Waals surface area contributed by atoms with Crippen molar-refractivity contribution in [3.05, 3.63) is 35.9 Å². The molecular weight excluding hydrogens is 288 g/mol. The predicted octanol–water partition coefficient (Wildman–Crippen LogP) is 1.64. The van der Waals surface area contributed by atoms with Crippen molar-refractivity contribution in [1.29, 1.82) is 5.26 Å². The van der Waals surface area contributed by atoms with Gasteiger partial charge in [-0.3, -0.25) is 4.79 Å². The Hall–Kier alpha value is -2.00. The van der Waals surface area contributed by atoms with Crippen LogP contribution in [-0.2, 0) is 19.2 Å². The van der Waals surface area contributed by atoms with Crippen molar-refractivity contribution in [3.8, 4) is 6.07 Å². The molecule has 0 saturated carbocycles. The summed E-state index contributed by atoms with van der Waals surface area (Å²) in [5.41, 5.74) is 1.04. The molecule has 0 unspecified atom stereocenters. The number of hydrogen-bond acceptors (Lipinski definition) is 5. The summed E-state index contributed by atoms with van der Waals surface area (Å²) >= 11 is 1.61. The number of benzene rings is 1. The molecule has 1 aromatic carbocycles. The molecular formula is C15H14N2O3S. The van der Waals surface area contributed by atoms with Gasteiger partial charge in [-0.1, -0.05) is 30.3 Å². The molecule has 1 amide bonds. The van der Waals surface area contributed by atoms with Crippen LogP contribution in [0, 0.1) is 11.3 Å². The van der Waals surface area contributed by atoms with Crippen molar-refractivity contribution >= 4 is 23.6 Å². The zero-order chi connectivity index (χ0) is 14.9. The van der Waals surface area contributed by atoms with E-state index in [1.54, 1.807) is 22.7 Å². The Kier molecular flexibility index (Phi) is 3.60. The molecule has 0 aliphatic carbocycles. The third-order valence-electron chi connectivity index (χ3n) is 3.90.